The van der Waals surface area contributed by atoms with E-state index in [9.17, 15) is 9.90 Å². The molecule has 0 saturated carbocycles. The first kappa shape index (κ1) is 16.2. The summed E-state index contributed by atoms with van der Waals surface area (Å²) in [6.07, 6.45) is 1.45. The Morgan fingerprint density at radius 1 is 1.32 bits per heavy atom. The number of ether oxygens (including phenoxy) is 1. The zero-order valence-electron chi connectivity index (χ0n) is 12.8. The quantitative estimate of drug-likeness (QED) is 0.627. The van der Waals surface area contributed by atoms with Gasteiger partial charge in [-0.1, -0.05) is 6.58 Å². The van der Waals surface area contributed by atoms with Crippen LogP contribution in [0.15, 0.2) is 12.2 Å². The lowest BCUT2D eigenvalue weighted by molar-refractivity contribution is -0.156. The third-order valence-electron chi connectivity index (χ3n) is 3.86. The normalized spacial score (nSPS) is 23.1. The zero-order valence-corrected chi connectivity index (χ0v) is 12.8. The number of rotatable bonds is 4. The van der Waals surface area contributed by atoms with Crippen LogP contribution in [0.4, 0.5) is 0 Å². The number of carbonyl (C=O) groups excluding carboxylic acids is 1. The van der Waals surface area contributed by atoms with Crippen LogP contribution in [0.25, 0.3) is 0 Å². The lowest BCUT2D eigenvalue weighted by Gasteiger charge is -2.54. The van der Waals surface area contributed by atoms with E-state index in [-0.39, 0.29) is 29.8 Å². The van der Waals surface area contributed by atoms with Crippen molar-refractivity contribution in [1.29, 1.82) is 0 Å². The molecule has 0 radical (unpaired) electrons. The van der Waals surface area contributed by atoms with Crippen molar-refractivity contribution < 1.29 is 14.6 Å². The predicted octanol–water partition coefficient (Wildman–Crippen LogP) is 2.12. The molecule has 0 aromatic heterocycles. The van der Waals surface area contributed by atoms with Gasteiger partial charge >= 0.3 is 5.97 Å². The molecule has 1 heterocycles. The second kappa shape index (κ2) is 5.63. The molecule has 0 atom stereocenters. The van der Waals surface area contributed by atoms with Crippen molar-refractivity contribution in [2.24, 2.45) is 0 Å². The Labute approximate surface area is 116 Å². The van der Waals surface area contributed by atoms with Gasteiger partial charge in [0.2, 0.25) is 0 Å². The standard InChI is InChI=1S/C15H27NO3/c1-11(2)13(18)19-12-9-14(3,4)16(7-8-17)15(5,6)10-12/h12,17H,1,7-10H2,2-6H3. The minimum atomic E-state index is -0.313. The second-order valence-electron chi connectivity index (χ2n) is 6.72. The third kappa shape index (κ3) is 3.80. The summed E-state index contributed by atoms with van der Waals surface area (Å²) in [5.74, 6) is -0.313. The number of aliphatic hydroxyl groups is 1. The van der Waals surface area contributed by atoms with Crippen LogP contribution in [0.2, 0.25) is 0 Å². The minimum Gasteiger partial charge on any atom is -0.459 e. The van der Waals surface area contributed by atoms with Crippen molar-refractivity contribution in [3.8, 4) is 0 Å². The molecule has 1 saturated heterocycles. The third-order valence-corrected chi connectivity index (χ3v) is 3.86. The van der Waals surface area contributed by atoms with E-state index in [1.807, 2.05) is 0 Å². The maximum atomic E-state index is 11.7. The Hall–Kier alpha value is -0.870. The number of likely N-dealkylation sites (tertiary alicyclic amines) is 1. The highest BCUT2D eigenvalue weighted by Crippen LogP contribution is 2.39. The Bertz CT molecular complexity index is 342. The molecule has 1 fully saturated rings. The topological polar surface area (TPSA) is 49.8 Å². The van der Waals surface area contributed by atoms with E-state index >= 15 is 0 Å². The van der Waals surface area contributed by atoms with Crippen molar-refractivity contribution in [2.45, 2.75) is 64.6 Å². The smallest absolute Gasteiger partial charge is 0.333 e. The molecule has 1 N–H and O–H groups in total. The number of nitrogens with zero attached hydrogens (tertiary/aromatic N) is 1. The van der Waals surface area contributed by atoms with Gasteiger partial charge in [0, 0.05) is 36.0 Å². The summed E-state index contributed by atoms with van der Waals surface area (Å²) < 4.78 is 5.52. The van der Waals surface area contributed by atoms with Crippen molar-refractivity contribution in [2.75, 3.05) is 13.2 Å². The van der Waals surface area contributed by atoms with Crippen LogP contribution in [0, 0.1) is 0 Å². The van der Waals surface area contributed by atoms with Gasteiger partial charge in [0.15, 0.2) is 0 Å². The van der Waals surface area contributed by atoms with Crippen LogP contribution < -0.4 is 0 Å². The van der Waals surface area contributed by atoms with Gasteiger partial charge in [-0.05, 0) is 34.6 Å². The molecular weight excluding hydrogens is 242 g/mol. The number of β-amino-alcohol motifs (C(OH)–C–C–N with tert-alkyl or cyclic N) is 1. The van der Waals surface area contributed by atoms with Gasteiger partial charge in [0.25, 0.3) is 0 Å². The predicted molar refractivity (Wildman–Crippen MR) is 75.9 cm³/mol. The lowest BCUT2D eigenvalue weighted by Crippen LogP contribution is -2.62. The number of piperidine rings is 1. The molecule has 1 rings (SSSR count). The highest BCUT2D eigenvalue weighted by atomic mass is 16.5. The van der Waals surface area contributed by atoms with Crippen molar-refractivity contribution in [1.82, 2.24) is 4.90 Å². The van der Waals surface area contributed by atoms with Crippen LogP contribution in [0.5, 0.6) is 0 Å². The molecule has 1 aliphatic rings. The average molecular weight is 269 g/mol. The molecule has 110 valence electrons. The Morgan fingerprint density at radius 2 is 1.79 bits per heavy atom. The van der Waals surface area contributed by atoms with E-state index in [0.717, 1.165) is 12.8 Å². The van der Waals surface area contributed by atoms with Gasteiger partial charge in [0.05, 0.1) is 6.61 Å². The highest BCUT2D eigenvalue weighted by Gasteiger charge is 2.46. The maximum absolute atomic E-state index is 11.7. The monoisotopic (exact) mass is 269 g/mol. The fraction of sp³-hybridized carbons (Fsp3) is 0.800. The van der Waals surface area contributed by atoms with E-state index in [1.54, 1.807) is 6.92 Å². The molecule has 0 spiro atoms. The molecule has 0 bridgehead atoms. The van der Waals surface area contributed by atoms with E-state index in [0.29, 0.717) is 12.1 Å². The lowest BCUT2D eigenvalue weighted by atomic mass is 9.78. The summed E-state index contributed by atoms with van der Waals surface area (Å²) in [6, 6.07) is 0. The summed E-state index contributed by atoms with van der Waals surface area (Å²) in [5.41, 5.74) is 0.225. The van der Waals surface area contributed by atoms with Gasteiger partial charge < -0.3 is 9.84 Å². The molecule has 0 unspecified atom stereocenters. The number of carbonyl (C=O) groups is 1. The Balaban J connectivity index is 2.84. The van der Waals surface area contributed by atoms with E-state index in [4.69, 9.17) is 4.74 Å². The molecule has 4 heteroatoms. The van der Waals surface area contributed by atoms with E-state index in [1.165, 1.54) is 0 Å². The SMILES string of the molecule is C=C(C)C(=O)OC1CC(C)(C)N(CCO)C(C)(C)C1. The number of hydrogen-bond donors (Lipinski definition) is 1. The van der Waals surface area contributed by atoms with Gasteiger partial charge in [-0.3, -0.25) is 4.90 Å². The summed E-state index contributed by atoms with van der Waals surface area (Å²) in [4.78, 5) is 14.0. The molecule has 0 aromatic carbocycles. The number of esters is 1. The van der Waals surface area contributed by atoms with Crippen molar-refractivity contribution in [3.05, 3.63) is 12.2 Å². The Kier molecular flexibility index (Phi) is 4.80. The molecule has 0 aliphatic carbocycles. The fourth-order valence-electron chi connectivity index (χ4n) is 3.27. The summed E-state index contributed by atoms with van der Waals surface area (Å²) >= 11 is 0. The first-order chi connectivity index (χ1) is 8.60. The minimum absolute atomic E-state index is 0.0934. The molecule has 4 nitrogen and oxygen atoms in total. The summed E-state index contributed by atoms with van der Waals surface area (Å²) in [7, 11) is 0. The van der Waals surface area contributed by atoms with Crippen LogP contribution in [0.3, 0.4) is 0 Å². The van der Waals surface area contributed by atoms with Crippen LogP contribution in [0.1, 0.15) is 47.5 Å². The second-order valence-corrected chi connectivity index (χ2v) is 6.72. The molecule has 0 aromatic rings. The van der Waals surface area contributed by atoms with Crippen molar-refractivity contribution >= 4 is 5.97 Å². The fourth-order valence-corrected chi connectivity index (χ4v) is 3.27. The van der Waals surface area contributed by atoms with Gasteiger partial charge in [-0.25, -0.2) is 4.79 Å². The van der Waals surface area contributed by atoms with Gasteiger partial charge in [-0.15, -0.1) is 0 Å². The van der Waals surface area contributed by atoms with E-state index < -0.39 is 0 Å². The van der Waals surface area contributed by atoms with Crippen molar-refractivity contribution in [3.63, 3.8) is 0 Å². The summed E-state index contributed by atoms with van der Waals surface area (Å²) in [6.45, 7) is 14.6. The van der Waals surface area contributed by atoms with Crippen LogP contribution in [-0.4, -0.2) is 46.3 Å². The largest absolute Gasteiger partial charge is 0.459 e. The van der Waals surface area contributed by atoms with Gasteiger partial charge in [-0.2, -0.15) is 0 Å². The molecule has 0 amide bonds. The highest BCUT2D eigenvalue weighted by molar-refractivity contribution is 5.87. The summed E-state index contributed by atoms with van der Waals surface area (Å²) in [5, 5.41) is 9.23. The first-order valence-electron chi connectivity index (χ1n) is 6.85. The number of aliphatic hydroxyl groups excluding tert-OH is 1. The van der Waals surface area contributed by atoms with E-state index in [2.05, 4.69) is 39.2 Å². The first-order valence-corrected chi connectivity index (χ1v) is 6.85. The van der Waals surface area contributed by atoms with Gasteiger partial charge in [0.1, 0.15) is 6.10 Å². The molecular formula is C15H27NO3. The Morgan fingerprint density at radius 3 is 2.16 bits per heavy atom. The van der Waals surface area contributed by atoms with Crippen LogP contribution in [-0.2, 0) is 9.53 Å². The average Bonchev–Trinajstić information content (AvgIpc) is 2.22. The number of hydrogen-bond acceptors (Lipinski definition) is 4. The molecule has 19 heavy (non-hydrogen) atoms. The van der Waals surface area contributed by atoms with Crippen LogP contribution >= 0.6 is 0 Å². The zero-order chi connectivity index (χ0) is 14.8. The maximum Gasteiger partial charge on any atom is 0.333 e. The molecule has 1 aliphatic heterocycles.